The van der Waals surface area contributed by atoms with Crippen molar-refractivity contribution >= 4 is 36.4 Å². The predicted octanol–water partition coefficient (Wildman–Crippen LogP) is 3.14. The van der Waals surface area contributed by atoms with Crippen molar-refractivity contribution in [2.24, 2.45) is 5.92 Å². The largest absolute Gasteiger partial charge is 0.408 e. The Morgan fingerprint density at radius 1 is 1.26 bits per heavy atom. The number of ketones is 1. The Labute approximate surface area is 172 Å². The number of hydrogen-bond donors (Lipinski definition) is 0. The predicted molar refractivity (Wildman–Crippen MR) is 109 cm³/mol. The number of amides is 1. The van der Waals surface area contributed by atoms with Gasteiger partial charge < -0.3 is 14.2 Å². The number of carbonyl (C=O) groups is 2. The molecule has 1 amide bonds. The van der Waals surface area contributed by atoms with Crippen molar-refractivity contribution in [3.8, 4) is 0 Å². The van der Waals surface area contributed by atoms with E-state index in [1.165, 1.54) is 18.2 Å². The third kappa shape index (κ3) is 6.76. The molecule has 7 nitrogen and oxygen atoms in total. The first-order valence-corrected chi connectivity index (χ1v) is 10.3. The Morgan fingerprint density at radius 3 is 2.48 bits per heavy atom. The van der Waals surface area contributed by atoms with Gasteiger partial charge in [-0.3, -0.25) is 9.59 Å². The number of rotatable bonds is 10. The van der Waals surface area contributed by atoms with Crippen molar-refractivity contribution in [3.63, 3.8) is 0 Å². The van der Waals surface area contributed by atoms with Gasteiger partial charge in [-0.25, -0.2) is 0 Å². The van der Waals surface area contributed by atoms with Gasteiger partial charge in [-0.05, 0) is 32.9 Å². The molecule has 0 radical (unpaired) electrons. The second-order valence-corrected chi connectivity index (χ2v) is 8.47. The third-order valence-electron chi connectivity index (χ3n) is 4.72. The van der Waals surface area contributed by atoms with Crippen molar-refractivity contribution in [3.05, 3.63) is 5.89 Å². The molecule has 0 N–H and O–H groups in total. The van der Waals surface area contributed by atoms with Crippen molar-refractivity contribution in [1.82, 2.24) is 20.0 Å². The summed E-state index contributed by atoms with van der Waals surface area (Å²) in [7, 11) is 3.99. The van der Waals surface area contributed by atoms with Crippen molar-refractivity contribution < 1.29 is 14.0 Å². The van der Waals surface area contributed by atoms with Gasteiger partial charge in [0.05, 0.1) is 0 Å². The average molecular weight is 419 g/mol. The molecular formula is C18H31ClN4O3S. The fraction of sp³-hybridized carbons (Fsp3) is 0.778. The van der Waals surface area contributed by atoms with Gasteiger partial charge in [0, 0.05) is 18.3 Å². The van der Waals surface area contributed by atoms with E-state index in [1.54, 1.807) is 4.90 Å². The molecule has 154 valence electrons. The quantitative estimate of drug-likeness (QED) is 0.328. The number of thioether (sulfide) groups is 1. The molecule has 1 heterocycles. The minimum absolute atomic E-state index is 0. The van der Waals surface area contributed by atoms with Crippen LogP contribution in [-0.2, 0) is 4.79 Å². The van der Waals surface area contributed by atoms with Gasteiger partial charge in [-0.15, -0.1) is 22.6 Å². The van der Waals surface area contributed by atoms with Gasteiger partial charge in [0.2, 0.25) is 12.2 Å². The monoisotopic (exact) mass is 418 g/mol. The van der Waals surface area contributed by atoms with Crippen LogP contribution >= 0.6 is 24.2 Å². The van der Waals surface area contributed by atoms with Crippen molar-refractivity contribution in [2.75, 3.05) is 26.4 Å². The molecule has 0 bridgehead atoms. The van der Waals surface area contributed by atoms with Gasteiger partial charge in [-0.1, -0.05) is 44.9 Å². The number of hydrogen-bond acceptors (Lipinski definition) is 7. The lowest BCUT2D eigenvalue weighted by molar-refractivity contribution is -0.123. The van der Waals surface area contributed by atoms with E-state index in [2.05, 4.69) is 15.1 Å². The third-order valence-corrected chi connectivity index (χ3v) is 5.52. The minimum atomic E-state index is -0.560. The molecule has 27 heavy (non-hydrogen) atoms. The van der Waals surface area contributed by atoms with Gasteiger partial charge >= 0.3 is 0 Å². The molecule has 1 aliphatic carbocycles. The molecular weight excluding hydrogens is 388 g/mol. The molecule has 0 aromatic carbocycles. The molecule has 0 saturated heterocycles. The van der Waals surface area contributed by atoms with Crippen LogP contribution in [0.25, 0.3) is 0 Å². The standard InChI is InChI=1S/C18H30N4O3S.ClH/c1-13(2)15(22(12-23)14-8-6-5-7-9-14)16(24)17-19-20-18(25-17)26-11-10-21(3)4;/h12-15H,5-11H2,1-4H3;1H/t15-;/m0./s1. The summed E-state index contributed by atoms with van der Waals surface area (Å²) in [5.41, 5.74) is 0. The van der Waals surface area contributed by atoms with E-state index in [-0.39, 0.29) is 36.0 Å². The molecule has 0 unspecified atom stereocenters. The van der Waals surface area contributed by atoms with Crippen LogP contribution in [0.2, 0.25) is 0 Å². The Hall–Kier alpha value is -1.12. The number of aromatic nitrogens is 2. The summed E-state index contributed by atoms with van der Waals surface area (Å²) in [6, 6.07) is -0.440. The summed E-state index contributed by atoms with van der Waals surface area (Å²) >= 11 is 1.43. The summed E-state index contributed by atoms with van der Waals surface area (Å²) in [5, 5.41) is 8.31. The van der Waals surface area contributed by atoms with Gasteiger partial charge in [0.25, 0.3) is 11.1 Å². The Bertz CT molecular complexity index is 591. The van der Waals surface area contributed by atoms with Gasteiger partial charge in [0.15, 0.2) is 0 Å². The fourth-order valence-corrected chi connectivity index (χ4v) is 4.22. The van der Waals surface area contributed by atoms with Crippen LogP contribution in [0.5, 0.6) is 0 Å². The molecule has 1 saturated carbocycles. The molecule has 1 aromatic rings. The molecule has 9 heteroatoms. The first kappa shape index (κ1) is 23.9. The maximum Gasteiger partial charge on any atom is 0.286 e. The first-order chi connectivity index (χ1) is 12.4. The number of nitrogens with zero attached hydrogens (tertiary/aromatic N) is 4. The summed E-state index contributed by atoms with van der Waals surface area (Å²) in [5.74, 6) is 0.522. The van der Waals surface area contributed by atoms with E-state index in [0.29, 0.717) is 5.22 Å². The maximum atomic E-state index is 13.0. The average Bonchev–Trinajstić information content (AvgIpc) is 3.08. The Morgan fingerprint density at radius 2 is 1.93 bits per heavy atom. The van der Waals surface area contributed by atoms with E-state index < -0.39 is 6.04 Å². The van der Waals surface area contributed by atoms with Crippen molar-refractivity contribution in [1.29, 1.82) is 0 Å². The van der Waals surface area contributed by atoms with Crippen LogP contribution < -0.4 is 0 Å². The van der Waals surface area contributed by atoms with E-state index in [0.717, 1.165) is 44.4 Å². The lowest BCUT2D eigenvalue weighted by atomic mass is 9.90. The van der Waals surface area contributed by atoms with Crippen LogP contribution in [0.4, 0.5) is 0 Å². The molecule has 0 spiro atoms. The highest BCUT2D eigenvalue weighted by molar-refractivity contribution is 7.99. The molecule has 1 atom stereocenters. The molecule has 1 aromatic heterocycles. The highest BCUT2D eigenvalue weighted by Crippen LogP contribution is 2.27. The SMILES string of the molecule is CC(C)[C@@H](C(=O)c1nnc(SCCN(C)C)o1)N(C=O)C1CCCCC1.Cl. The van der Waals surface area contributed by atoms with Gasteiger partial charge in [0.1, 0.15) is 6.04 Å². The number of halogens is 1. The lowest BCUT2D eigenvalue weighted by Gasteiger charge is -2.37. The first-order valence-electron chi connectivity index (χ1n) is 9.32. The van der Waals surface area contributed by atoms with Gasteiger partial charge in [-0.2, -0.15) is 0 Å². The van der Waals surface area contributed by atoms with E-state index in [1.807, 2.05) is 27.9 Å². The topological polar surface area (TPSA) is 79.5 Å². The molecule has 1 fully saturated rings. The summed E-state index contributed by atoms with van der Waals surface area (Å²) in [6.45, 7) is 4.78. The Kier molecular flexibility index (Phi) is 10.3. The summed E-state index contributed by atoms with van der Waals surface area (Å²) in [4.78, 5) is 28.6. The molecule has 1 aliphatic rings. The zero-order chi connectivity index (χ0) is 19.1. The summed E-state index contributed by atoms with van der Waals surface area (Å²) in [6.07, 6.45) is 6.11. The van der Waals surface area contributed by atoms with Crippen LogP contribution in [0.15, 0.2) is 9.64 Å². The molecule has 2 rings (SSSR count). The van der Waals surface area contributed by atoms with Crippen LogP contribution in [0.1, 0.15) is 56.6 Å². The zero-order valence-electron chi connectivity index (χ0n) is 16.6. The lowest BCUT2D eigenvalue weighted by Crippen LogP contribution is -2.50. The van der Waals surface area contributed by atoms with E-state index >= 15 is 0 Å². The van der Waals surface area contributed by atoms with Crippen LogP contribution in [0, 0.1) is 5.92 Å². The normalized spacial score (nSPS) is 16.2. The zero-order valence-corrected chi connectivity index (χ0v) is 18.2. The van der Waals surface area contributed by atoms with E-state index in [4.69, 9.17) is 4.42 Å². The van der Waals surface area contributed by atoms with Crippen molar-refractivity contribution in [2.45, 2.75) is 63.3 Å². The minimum Gasteiger partial charge on any atom is -0.408 e. The second-order valence-electron chi connectivity index (χ2n) is 7.42. The Balaban J connectivity index is 0.00000364. The molecule has 0 aliphatic heterocycles. The fourth-order valence-electron chi connectivity index (χ4n) is 3.35. The maximum absolute atomic E-state index is 13.0. The second kappa shape index (κ2) is 11.7. The van der Waals surface area contributed by atoms with E-state index in [9.17, 15) is 9.59 Å². The number of carbonyl (C=O) groups excluding carboxylic acids is 2. The van der Waals surface area contributed by atoms with Crippen LogP contribution in [-0.4, -0.2) is 70.7 Å². The highest BCUT2D eigenvalue weighted by atomic mass is 35.5. The number of Topliss-reactive ketones (excluding diaryl/α,β-unsaturated/α-hetero) is 1. The smallest absolute Gasteiger partial charge is 0.286 e. The highest BCUT2D eigenvalue weighted by Gasteiger charge is 2.36. The summed E-state index contributed by atoms with van der Waals surface area (Å²) < 4.78 is 5.57. The van der Waals surface area contributed by atoms with Crippen LogP contribution in [0.3, 0.4) is 0 Å².